The molecule has 0 saturated heterocycles. The van der Waals surface area contributed by atoms with Crippen LogP contribution in [0.1, 0.15) is 11.1 Å². The average Bonchev–Trinajstić information content (AvgIpc) is 2.65. The molecule has 5 nitrogen and oxygen atoms in total. The predicted octanol–water partition coefficient (Wildman–Crippen LogP) is 2.92. The lowest BCUT2D eigenvalue weighted by Gasteiger charge is -2.10. The molecule has 0 radical (unpaired) electrons. The first-order chi connectivity index (χ1) is 12.6. The Hall–Kier alpha value is -3.34. The highest BCUT2D eigenvalue weighted by Gasteiger charge is 2.08. The van der Waals surface area contributed by atoms with E-state index in [4.69, 9.17) is 4.74 Å². The highest BCUT2D eigenvalue weighted by molar-refractivity contribution is 5.86. The van der Waals surface area contributed by atoms with Gasteiger partial charge in [0.15, 0.2) is 6.61 Å². The third-order valence-electron chi connectivity index (χ3n) is 3.97. The number of nitrogens with one attached hydrogen (secondary N) is 2. The smallest absolute Gasteiger partial charge is 0.276 e. The molecule has 0 aliphatic carbocycles. The van der Waals surface area contributed by atoms with E-state index in [1.165, 1.54) is 0 Å². The van der Waals surface area contributed by atoms with E-state index in [0.29, 0.717) is 5.75 Å². The van der Waals surface area contributed by atoms with E-state index < -0.39 is 5.91 Å². The number of ether oxygens (including phenoxy) is 1. The summed E-state index contributed by atoms with van der Waals surface area (Å²) in [5.74, 6) is -0.0604. The molecule has 3 aromatic carbocycles. The second kappa shape index (κ2) is 8.16. The molecule has 0 heterocycles. The number of aryl methyl sites for hydroxylation is 1. The summed E-state index contributed by atoms with van der Waals surface area (Å²) in [6.45, 7) is 1.74. The highest BCUT2D eigenvalue weighted by Crippen LogP contribution is 2.16. The number of rotatable bonds is 5. The Balaban J connectivity index is 1.47. The molecule has 3 rings (SSSR count). The van der Waals surface area contributed by atoms with Gasteiger partial charge < -0.3 is 4.74 Å². The minimum atomic E-state index is -0.417. The van der Waals surface area contributed by atoms with Gasteiger partial charge in [-0.15, -0.1) is 0 Å². The van der Waals surface area contributed by atoms with Crippen LogP contribution in [0, 0.1) is 6.92 Å². The van der Waals surface area contributed by atoms with Gasteiger partial charge in [-0.25, -0.2) is 0 Å². The molecule has 0 spiro atoms. The zero-order valence-electron chi connectivity index (χ0n) is 14.5. The summed E-state index contributed by atoms with van der Waals surface area (Å²) in [5, 5.41) is 2.20. The molecular formula is C21H20N2O3. The number of amides is 2. The van der Waals surface area contributed by atoms with Crippen molar-refractivity contribution in [3.05, 3.63) is 77.9 Å². The van der Waals surface area contributed by atoms with Gasteiger partial charge in [0, 0.05) is 0 Å². The Kier molecular flexibility index (Phi) is 5.49. The molecule has 26 heavy (non-hydrogen) atoms. The third-order valence-corrected chi connectivity index (χ3v) is 3.97. The zero-order valence-corrected chi connectivity index (χ0v) is 14.5. The molecule has 0 bridgehead atoms. The highest BCUT2D eigenvalue weighted by atomic mass is 16.5. The number of para-hydroxylation sites is 1. The maximum absolute atomic E-state index is 12.0. The Morgan fingerprint density at radius 1 is 0.846 bits per heavy atom. The SMILES string of the molecule is Cc1ccccc1OCC(=O)NNC(=O)Cc1ccc2ccccc2c1. The monoisotopic (exact) mass is 348 g/mol. The summed E-state index contributed by atoms with van der Waals surface area (Å²) in [7, 11) is 0. The first-order valence-electron chi connectivity index (χ1n) is 8.35. The molecule has 0 aromatic heterocycles. The van der Waals surface area contributed by atoms with E-state index >= 15 is 0 Å². The van der Waals surface area contributed by atoms with E-state index in [-0.39, 0.29) is 18.9 Å². The van der Waals surface area contributed by atoms with Gasteiger partial charge in [0.1, 0.15) is 5.75 Å². The molecule has 0 aliphatic rings. The van der Waals surface area contributed by atoms with Crippen LogP contribution in [0.15, 0.2) is 66.7 Å². The normalized spacial score (nSPS) is 10.3. The summed E-state index contributed by atoms with van der Waals surface area (Å²) < 4.78 is 5.43. The Morgan fingerprint density at radius 3 is 2.35 bits per heavy atom. The second-order valence-electron chi connectivity index (χ2n) is 6.01. The van der Waals surface area contributed by atoms with Gasteiger partial charge >= 0.3 is 0 Å². The van der Waals surface area contributed by atoms with Gasteiger partial charge in [-0.05, 0) is 34.9 Å². The van der Waals surface area contributed by atoms with Gasteiger partial charge in [0.05, 0.1) is 6.42 Å². The number of carbonyl (C=O) groups excluding carboxylic acids is 2. The molecule has 5 heteroatoms. The molecule has 0 atom stereocenters. The van der Waals surface area contributed by atoms with Crippen molar-refractivity contribution in [2.45, 2.75) is 13.3 Å². The molecule has 0 aliphatic heterocycles. The third kappa shape index (κ3) is 4.60. The lowest BCUT2D eigenvalue weighted by molar-refractivity contribution is -0.129. The van der Waals surface area contributed by atoms with Crippen LogP contribution in [0.4, 0.5) is 0 Å². The summed E-state index contributed by atoms with van der Waals surface area (Å²) in [6, 6.07) is 21.2. The van der Waals surface area contributed by atoms with Crippen molar-refractivity contribution in [3.8, 4) is 5.75 Å². The van der Waals surface area contributed by atoms with Gasteiger partial charge in [-0.3, -0.25) is 20.4 Å². The summed E-state index contributed by atoms with van der Waals surface area (Å²) in [4.78, 5) is 23.8. The van der Waals surface area contributed by atoms with Crippen LogP contribution in [0.3, 0.4) is 0 Å². The Bertz CT molecular complexity index is 937. The summed E-state index contributed by atoms with van der Waals surface area (Å²) >= 11 is 0. The predicted molar refractivity (Wildman–Crippen MR) is 101 cm³/mol. The minimum absolute atomic E-state index is 0.166. The molecule has 0 unspecified atom stereocenters. The van der Waals surface area contributed by atoms with Gasteiger partial charge in [0.25, 0.3) is 5.91 Å². The topological polar surface area (TPSA) is 67.4 Å². The van der Waals surface area contributed by atoms with E-state index in [0.717, 1.165) is 21.9 Å². The summed E-state index contributed by atoms with van der Waals surface area (Å²) in [6.07, 6.45) is 0.184. The Labute approximate surface area is 152 Å². The van der Waals surface area contributed by atoms with Crippen LogP contribution in [-0.4, -0.2) is 18.4 Å². The van der Waals surface area contributed by atoms with E-state index in [1.807, 2.05) is 67.6 Å². The van der Waals surface area contributed by atoms with Crippen molar-refractivity contribution >= 4 is 22.6 Å². The number of carbonyl (C=O) groups is 2. The van der Waals surface area contributed by atoms with E-state index in [2.05, 4.69) is 10.9 Å². The van der Waals surface area contributed by atoms with Gasteiger partial charge in [-0.1, -0.05) is 60.7 Å². The van der Waals surface area contributed by atoms with E-state index in [9.17, 15) is 9.59 Å². The van der Waals surface area contributed by atoms with Crippen LogP contribution in [0.25, 0.3) is 10.8 Å². The zero-order chi connectivity index (χ0) is 18.4. The fraction of sp³-hybridized carbons (Fsp3) is 0.143. The lowest BCUT2D eigenvalue weighted by atomic mass is 10.1. The van der Waals surface area contributed by atoms with Crippen molar-refractivity contribution in [3.63, 3.8) is 0 Å². The standard InChI is InChI=1S/C21H20N2O3/c1-15-6-2-5-9-19(15)26-14-21(25)23-22-20(24)13-16-10-11-17-7-3-4-8-18(17)12-16/h2-12H,13-14H2,1H3,(H,22,24)(H,23,25). The maximum atomic E-state index is 12.0. The van der Waals surface area contributed by atoms with Crippen LogP contribution in [0.5, 0.6) is 5.75 Å². The molecule has 0 fully saturated rings. The number of fused-ring (bicyclic) bond motifs is 1. The molecule has 2 N–H and O–H groups in total. The van der Waals surface area contributed by atoms with Gasteiger partial charge in [-0.2, -0.15) is 0 Å². The molecular weight excluding hydrogens is 328 g/mol. The fourth-order valence-electron chi connectivity index (χ4n) is 2.62. The van der Waals surface area contributed by atoms with Crippen molar-refractivity contribution in [1.82, 2.24) is 10.9 Å². The van der Waals surface area contributed by atoms with Crippen LogP contribution in [0.2, 0.25) is 0 Å². The molecule has 2 amide bonds. The Morgan fingerprint density at radius 2 is 1.54 bits per heavy atom. The number of hydrogen-bond acceptors (Lipinski definition) is 3. The number of hydrogen-bond donors (Lipinski definition) is 2. The second-order valence-corrected chi connectivity index (χ2v) is 6.01. The van der Waals surface area contributed by atoms with Crippen LogP contribution in [-0.2, 0) is 16.0 Å². The van der Waals surface area contributed by atoms with Crippen molar-refractivity contribution in [2.24, 2.45) is 0 Å². The minimum Gasteiger partial charge on any atom is -0.483 e. The number of hydrazine groups is 1. The van der Waals surface area contributed by atoms with Crippen molar-refractivity contribution in [1.29, 1.82) is 0 Å². The fourth-order valence-corrected chi connectivity index (χ4v) is 2.62. The average molecular weight is 348 g/mol. The quantitative estimate of drug-likeness (QED) is 0.697. The lowest BCUT2D eigenvalue weighted by Crippen LogP contribution is -2.44. The van der Waals surface area contributed by atoms with E-state index in [1.54, 1.807) is 6.07 Å². The van der Waals surface area contributed by atoms with Gasteiger partial charge in [0.2, 0.25) is 5.91 Å². The largest absolute Gasteiger partial charge is 0.483 e. The van der Waals surface area contributed by atoms with Crippen molar-refractivity contribution < 1.29 is 14.3 Å². The van der Waals surface area contributed by atoms with Crippen LogP contribution >= 0.6 is 0 Å². The first-order valence-corrected chi connectivity index (χ1v) is 8.35. The van der Waals surface area contributed by atoms with Crippen LogP contribution < -0.4 is 15.6 Å². The molecule has 132 valence electrons. The first kappa shape index (κ1) is 17.5. The number of benzene rings is 3. The summed E-state index contributed by atoms with van der Waals surface area (Å²) in [5.41, 5.74) is 6.60. The maximum Gasteiger partial charge on any atom is 0.276 e. The molecule has 0 saturated carbocycles. The molecule has 3 aromatic rings. The van der Waals surface area contributed by atoms with Crippen molar-refractivity contribution in [2.75, 3.05) is 6.61 Å².